The number of aliphatic imine (C=N–C) groups is 1. The summed E-state index contributed by atoms with van der Waals surface area (Å²) in [5.41, 5.74) is 4.68. The van der Waals surface area contributed by atoms with E-state index in [0.29, 0.717) is 22.2 Å². The minimum absolute atomic E-state index is 0.230. The van der Waals surface area contributed by atoms with Crippen molar-refractivity contribution < 1.29 is 4.79 Å². The van der Waals surface area contributed by atoms with Gasteiger partial charge in [-0.25, -0.2) is 4.98 Å². The first-order chi connectivity index (χ1) is 15.4. The molecule has 0 saturated carbocycles. The molecule has 3 heterocycles. The molecule has 0 fully saturated rings. The Morgan fingerprint density at radius 1 is 1.31 bits per heavy atom. The fourth-order valence-corrected chi connectivity index (χ4v) is 3.63. The molecule has 3 aromatic heterocycles. The predicted molar refractivity (Wildman–Crippen MR) is 128 cm³/mol. The monoisotopic (exact) mass is 466 g/mol. The van der Waals surface area contributed by atoms with E-state index >= 15 is 0 Å². The Hall–Kier alpha value is -3.42. The molecule has 0 atom stereocenters. The molecule has 0 bridgehead atoms. The Morgan fingerprint density at radius 3 is 2.94 bits per heavy atom. The third kappa shape index (κ3) is 4.90. The van der Waals surface area contributed by atoms with Crippen LogP contribution in [0.2, 0.25) is 5.02 Å². The predicted octanol–water partition coefficient (Wildman–Crippen LogP) is 5.09. The molecule has 0 aliphatic carbocycles. The Kier molecular flexibility index (Phi) is 6.39. The molecule has 0 unspecified atom stereocenters. The van der Waals surface area contributed by atoms with E-state index < -0.39 is 0 Å². The molecular weight excluding hydrogens is 447 g/mol. The van der Waals surface area contributed by atoms with Gasteiger partial charge in [0.25, 0.3) is 5.91 Å². The highest BCUT2D eigenvalue weighted by atomic mass is 35.5. The van der Waals surface area contributed by atoms with Crippen LogP contribution in [0.5, 0.6) is 0 Å². The average Bonchev–Trinajstić information content (AvgIpc) is 3.39. The standard InChI is InChI=1S/C23H20Cl2N6O/c1-15(24)7-17-8-16(3-4-20(17)26-2)12-31-13-18(10-29-31)23(32)27-11-21-22-9-19(25)5-6-30(22)14-28-21/h3-10,13-14H,2,11-12H2,1H3,(H,27,32)/b15-7+. The van der Waals surface area contributed by atoms with Crippen LogP contribution in [0.25, 0.3) is 11.6 Å². The summed E-state index contributed by atoms with van der Waals surface area (Å²) in [6.07, 6.45) is 8.60. The molecule has 0 aliphatic rings. The van der Waals surface area contributed by atoms with Gasteiger partial charge in [0.1, 0.15) is 0 Å². The highest BCUT2D eigenvalue weighted by Crippen LogP contribution is 2.24. The highest BCUT2D eigenvalue weighted by molar-refractivity contribution is 6.31. The number of benzene rings is 1. The molecule has 1 aromatic carbocycles. The lowest BCUT2D eigenvalue weighted by Gasteiger charge is -2.06. The van der Waals surface area contributed by atoms with Crippen LogP contribution in [0.15, 0.2) is 65.3 Å². The van der Waals surface area contributed by atoms with E-state index in [4.69, 9.17) is 23.2 Å². The number of imidazole rings is 1. The van der Waals surface area contributed by atoms with Gasteiger partial charge in [-0.3, -0.25) is 14.5 Å². The zero-order valence-electron chi connectivity index (χ0n) is 17.3. The number of amides is 1. The number of rotatable bonds is 7. The Morgan fingerprint density at radius 2 is 2.16 bits per heavy atom. The number of fused-ring (bicyclic) bond motifs is 1. The molecule has 162 valence electrons. The summed E-state index contributed by atoms with van der Waals surface area (Å²) >= 11 is 12.1. The smallest absolute Gasteiger partial charge is 0.254 e. The minimum atomic E-state index is -0.230. The van der Waals surface area contributed by atoms with Crippen LogP contribution in [0.1, 0.15) is 34.1 Å². The van der Waals surface area contributed by atoms with Crippen LogP contribution in [0, 0.1) is 0 Å². The maximum Gasteiger partial charge on any atom is 0.254 e. The van der Waals surface area contributed by atoms with E-state index in [0.717, 1.165) is 28.0 Å². The third-order valence-corrected chi connectivity index (χ3v) is 5.20. The molecule has 0 radical (unpaired) electrons. The van der Waals surface area contributed by atoms with Gasteiger partial charge in [0.2, 0.25) is 0 Å². The normalized spacial score (nSPS) is 11.7. The van der Waals surface area contributed by atoms with Gasteiger partial charge in [0, 0.05) is 28.0 Å². The molecule has 1 amide bonds. The van der Waals surface area contributed by atoms with Crippen LogP contribution < -0.4 is 5.32 Å². The largest absolute Gasteiger partial charge is 0.346 e. The maximum absolute atomic E-state index is 12.6. The van der Waals surface area contributed by atoms with Crippen LogP contribution in [0.3, 0.4) is 0 Å². The lowest BCUT2D eigenvalue weighted by atomic mass is 10.1. The SMILES string of the molecule is C=Nc1ccc(Cn2cc(C(=O)NCc3ncn4ccc(Cl)cc34)cn2)cc1/C=C(\C)Cl. The number of hydrogen-bond acceptors (Lipinski definition) is 4. The minimum Gasteiger partial charge on any atom is -0.346 e. The molecule has 4 aromatic rings. The summed E-state index contributed by atoms with van der Waals surface area (Å²) in [5.74, 6) is -0.230. The van der Waals surface area contributed by atoms with Gasteiger partial charge < -0.3 is 9.72 Å². The number of nitrogens with zero attached hydrogens (tertiary/aromatic N) is 5. The van der Waals surface area contributed by atoms with Crippen molar-refractivity contribution in [2.45, 2.75) is 20.0 Å². The lowest BCUT2D eigenvalue weighted by molar-refractivity contribution is 0.0950. The second-order valence-corrected chi connectivity index (χ2v) is 8.25. The maximum atomic E-state index is 12.6. The number of allylic oxidation sites excluding steroid dienone is 1. The van der Waals surface area contributed by atoms with Crippen molar-refractivity contribution in [2.75, 3.05) is 0 Å². The summed E-state index contributed by atoms with van der Waals surface area (Å²) in [4.78, 5) is 21.0. The fourth-order valence-electron chi connectivity index (χ4n) is 3.35. The Balaban J connectivity index is 1.44. The summed E-state index contributed by atoms with van der Waals surface area (Å²) in [7, 11) is 0. The molecule has 9 heteroatoms. The number of pyridine rings is 1. The first kappa shape index (κ1) is 21.8. The fraction of sp³-hybridized carbons (Fsp3) is 0.130. The van der Waals surface area contributed by atoms with Crippen molar-refractivity contribution in [1.29, 1.82) is 0 Å². The van der Waals surface area contributed by atoms with E-state index in [2.05, 4.69) is 27.1 Å². The quantitative estimate of drug-likeness (QED) is 0.385. The molecule has 4 rings (SSSR count). The molecule has 0 spiro atoms. The number of aromatic nitrogens is 4. The first-order valence-electron chi connectivity index (χ1n) is 9.78. The summed E-state index contributed by atoms with van der Waals surface area (Å²) < 4.78 is 3.56. The highest BCUT2D eigenvalue weighted by Gasteiger charge is 2.12. The van der Waals surface area contributed by atoms with Crippen molar-refractivity contribution in [2.24, 2.45) is 4.99 Å². The van der Waals surface area contributed by atoms with E-state index in [1.54, 1.807) is 36.4 Å². The first-order valence-corrected chi connectivity index (χ1v) is 10.5. The van der Waals surface area contributed by atoms with Gasteiger partial charge >= 0.3 is 0 Å². The number of hydrogen-bond donors (Lipinski definition) is 1. The van der Waals surface area contributed by atoms with Crippen LogP contribution in [-0.2, 0) is 13.1 Å². The van der Waals surface area contributed by atoms with Gasteiger partial charge in [-0.2, -0.15) is 5.10 Å². The second kappa shape index (κ2) is 9.38. The number of halogens is 2. The summed E-state index contributed by atoms with van der Waals surface area (Å²) in [5, 5.41) is 8.46. The van der Waals surface area contributed by atoms with Crippen molar-refractivity contribution in [3.8, 4) is 0 Å². The number of carbonyl (C=O) groups is 1. The van der Waals surface area contributed by atoms with Gasteiger partial charge in [-0.1, -0.05) is 29.3 Å². The number of nitrogens with one attached hydrogen (secondary N) is 1. The van der Waals surface area contributed by atoms with Crippen molar-refractivity contribution in [3.63, 3.8) is 0 Å². The van der Waals surface area contributed by atoms with E-state index in [1.165, 1.54) is 0 Å². The van der Waals surface area contributed by atoms with E-state index in [1.807, 2.05) is 40.9 Å². The Bertz CT molecular complexity index is 1330. The molecule has 0 saturated heterocycles. The molecular formula is C23H20Cl2N6O. The topological polar surface area (TPSA) is 76.6 Å². The van der Waals surface area contributed by atoms with Crippen molar-refractivity contribution >= 4 is 53.1 Å². The van der Waals surface area contributed by atoms with Crippen LogP contribution in [0.4, 0.5) is 5.69 Å². The lowest BCUT2D eigenvalue weighted by Crippen LogP contribution is -2.22. The summed E-state index contributed by atoms with van der Waals surface area (Å²) in [6.45, 7) is 6.18. The van der Waals surface area contributed by atoms with Gasteiger partial charge in [0.05, 0.1) is 48.1 Å². The zero-order valence-corrected chi connectivity index (χ0v) is 18.8. The molecule has 32 heavy (non-hydrogen) atoms. The van der Waals surface area contributed by atoms with Crippen LogP contribution >= 0.6 is 23.2 Å². The second-order valence-electron chi connectivity index (χ2n) is 7.22. The van der Waals surface area contributed by atoms with E-state index in [9.17, 15) is 4.79 Å². The summed E-state index contributed by atoms with van der Waals surface area (Å²) in [6, 6.07) is 9.40. The molecule has 1 N–H and O–H groups in total. The van der Waals surface area contributed by atoms with Crippen molar-refractivity contribution in [3.05, 3.63) is 87.7 Å². The van der Waals surface area contributed by atoms with Crippen LogP contribution in [-0.4, -0.2) is 31.8 Å². The van der Waals surface area contributed by atoms with E-state index in [-0.39, 0.29) is 12.5 Å². The average molecular weight is 467 g/mol. The molecule has 7 nitrogen and oxygen atoms in total. The third-order valence-electron chi connectivity index (χ3n) is 4.85. The molecule has 0 aliphatic heterocycles. The van der Waals surface area contributed by atoms with Gasteiger partial charge in [0.15, 0.2) is 0 Å². The van der Waals surface area contributed by atoms with Gasteiger partial charge in [-0.05, 0) is 49.5 Å². The van der Waals surface area contributed by atoms with Gasteiger partial charge in [-0.15, -0.1) is 0 Å². The zero-order chi connectivity index (χ0) is 22.7. The Labute approximate surface area is 195 Å². The van der Waals surface area contributed by atoms with Crippen molar-refractivity contribution in [1.82, 2.24) is 24.5 Å². The number of carbonyl (C=O) groups excluding carboxylic acids is 1.